The Morgan fingerprint density at radius 3 is 2.44 bits per heavy atom. The van der Waals surface area contributed by atoms with E-state index in [0.717, 1.165) is 42.4 Å². The van der Waals surface area contributed by atoms with Crippen molar-refractivity contribution in [1.29, 1.82) is 0 Å². The van der Waals surface area contributed by atoms with Crippen molar-refractivity contribution >= 4 is 15.9 Å². The maximum Gasteiger partial charge on any atom is 0.244 e. The molecule has 1 heterocycles. The number of fused-ring (bicyclic) bond motifs is 2. The number of nitrogens with one attached hydrogen (secondary N) is 1. The molecular weight excluding hydrogens is 360 g/mol. The van der Waals surface area contributed by atoms with Crippen LogP contribution < -0.4 is 5.32 Å². The predicted molar refractivity (Wildman–Crippen MR) is 104 cm³/mol. The van der Waals surface area contributed by atoms with Crippen LogP contribution >= 0.6 is 0 Å². The van der Waals surface area contributed by atoms with Crippen molar-refractivity contribution < 1.29 is 13.2 Å². The number of likely N-dealkylation sites (N-methyl/N-ethyl adjacent to an activating group) is 1. The summed E-state index contributed by atoms with van der Waals surface area (Å²) in [6.45, 7) is 0.216. The first-order valence-electron chi connectivity index (χ1n) is 9.43. The van der Waals surface area contributed by atoms with Crippen molar-refractivity contribution in [1.82, 2.24) is 9.62 Å². The van der Waals surface area contributed by atoms with E-state index in [1.54, 1.807) is 13.1 Å². The van der Waals surface area contributed by atoms with E-state index >= 15 is 0 Å². The van der Waals surface area contributed by atoms with Crippen LogP contribution in [0.4, 0.5) is 0 Å². The number of carbonyl (C=O) groups excluding carboxylic acids is 1. The van der Waals surface area contributed by atoms with Crippen LogP contribution in [0, 0.1) is 0 Å². The lowest BCUT2D eigenvalue weighted by Crippen LogP contribution is -2.51. The summed E-state index contributed by atoms with van der Waals surface area (Å²) in [6, 6.07) is 12.4. The lowest BCUT2D eigenvalue weighted by atomic mass is 9.92. The maximum atomic E-state index is 13.5. The van der Waals surface area contributed by atoms with Gasteiger partial charge in [-0.2, -0.15) is 4.31 Å². The Labute approximate surface area is 160 Å². The van der Waals surface area contributed by atoms with Gasteiger partial charge in [-0.15, -0.1) is 0 Å². The summed E-state index contributed by atoms with van der Waals surface area (Å²) in [4.78, 5) is 12.8. The molecule has 1 N–H and O–H groups in total. The highest BCUT2D eigenvalue weighted by atomic mass is 32.2. The SMILES string of the molecule is CNC(=O)C1Cc2ccccc2CN1S(=O)(=O)c1ccc2c(c1)CCCC2. The van der Waals surface area contributed by atoms with Gasteiger partial charge in [0, 0.05) is 13.6 Å². The molecule has 1 aliphatic heterocycles. The molecule has 2 aromatic rings. The monoisotopic (exact) mass is 384 g/mol. The van der Waals surface area contributed by atoms with Crippen molar-refractivity contribution in [3.63, 3.8) is 0 Å². The highest BCUT2D eigenvalue weighted by Gasteiger charge is 2.39. The molecule has 0 saturated heterocycles. The second-order valence-electron chi connectivity index (χ2n) is 7.29. The highest BCUT2D eigenvalue weighted by molar-refractivity contribution is 7.89. The molecule has 5 nitrogen and oxygen atoms in total. The normalized spacial score (nSPS) is 19.8. The molecule has 27 heavy (non-hydrogen) atoms. The molecule has 6 heteroatoms. The lowest BCUT2D eigenvalue weighted by molar-refractivity contribution is -0.124. The first kappa shape index (κ1) is 18.2. The minimum Gasteiger partial charge on any atom is -0.358 e. The molecule has 0 radical (unpaired) electrons. The van der Waals surface area contributed by atoms with Gasteiger partial charge >= 0.3 is 0 Å². The number of carbonyl (C=O) groups is 1. The number of amides is 1. The number of hydrogen-bond acceptors (Lipinski definition) is 3. The van der Waals surface area contributed by atoms with E-state index in [0.29, 0.717) is 6.42 Å². The zero-order valence-electron chi connectivity index (χ0n) is 15.4. The van der Waals surface area contributed by atoms with Gasteiger partial charge in [0.05, 0.1) is 4.90 Å². The van der Waals surface area contributed by atoms with Crippen LogP contribution in [0.15, 0.2) is 47.4 Å². The number of aryl methyl sites for hydroxylation is 2. The summed E-state index contributed by atoms with van der Waals surface area (Å²) in [5.74, 6) is -0.272. The van der Waals surface area contributed by atoms with Crippen LogP contribution in [0.25, 0.3) is 0 Å². The van der Waals surface area contributed by atoms with E-state index < -0.39 is 16.1 Å². The van der Waals surface area contributed by atoms with Crippen molar-refractivity contribution in [3.8, 4) is 0 Å². The molecule has 142 valence electrons. The van der Waals surface area contributed by atoms with Gasteiger partial charge in [-0.1, -0.05) is 30.3 Å². The molecule has 0 fully saturated rings. The average Bonchev–Trinajstić information content (AvgIpc) is 2.71. The molecule has 4 rings (SSSR count). The van der Waals surface area contributed by atoms with Gasteiger partial charge in [-0.05, 0) is 66.5 Å². The van der Waals surface area contributed by atoms with E-state index in [2.05, 4.69) is 5.32 Å². The standard InChI is InChI=1S/C21H24N2O3S/c1-22-21(24)20-13-17-8-4-5-9-18(17)14-23(20)27(25,26)19-11-10-15-6-2-3-7-16(15)12-19/h4-5,8-12,20H,2-3,6-7,13-14H2,1H3,(H,22,24). The number of rotatable bonds is 3. The van der Waals surface area contributed by atoms with Crippen LogP contribution in [0.1, 0.15) is 35.1 Å². The topological polar surface area (TPSA) is 66.5 Å². The first-order chi connectivity index (χ1) is 13.0. The van der Waals surface area contributed by atoms with Crippen LogP contribution in [-0.4, -0.2) is 31.7 Å². The van der Waals surface area contributed by atoms with Gasteiger partial charge in [0.1, 0.15) is 6.04 Å². The molecule has 1 amide bonds. The van der Waals surface area contributed by atoms with Gasteiger partial charge < -0.3 is 5.32 Å². The Balaban J connectivity index is 1.75. The second kappa shape index (κ2) is 7.09. The Morgan fingerprint density at radius 2 is 1.70 bits per heavy atom. The van der Waals surface area contributed by atoms with Crippen LogP contribution in [0.2, 0.25) is 0 Å². The largest absolute Gasteiger partial charge is 0.358 e. The van der Waals surface area contributed by atoms with E-state index in [4.69, 9.17) is 0 Å². The molecule has 1 atom stereocenters. The second-order valence-corrected chi connectivity index (χ2v) is 9.18. The fourth-order valence-corrected chi connectivity index (χ4v) is 5.76. The molecular formula is C21H24N2O3S. The smallest absolute Gasteiger partial charge is 0.244 e. The molecule has 0 bridgehead atoms. The molecule has 0 spiro atoms. The maximum absolute atomic E-state index is 13.5. The van der Waals surface area contributed by atoms with Gasteiger partial charge in [-0.3, -0.25) is 4.79 Å². The third-order valence-electron chi connectivity index (χ3n) is 5.68. The zero-order chi connectivity index (χ0) is 19.0. The zero-order valence-corrected chi connectivity index (χ0v) is 16.3. The third kappa shape index (κ3) is 3.28. The predicted octanol–water partition coefficient (Wildman–Crippen LogP) is 2.43. The van der Waals surface area contributed by atoms with Crippen molar-refractivity contribution in [3.05, 3.63) is 64.7 Å². The van der Waals surface area contributed by atoms with Crippen LogP contribution in [-0.2, 0) is 40.6 Å². The molecule has 1 unspecified atom stereocenters. The summed E-state index contributed by atoms with van der Waals surface area (Å²) in [6.07, 6.45) is 4.56. The van der Waals surface area contributed by atoms with Gasteiger partial charge in [-0.25, -0.2) is 8.42 Å². The average molecular weight is 385 g/mol. The fourth-order valence-electron chi connectivity index (χ4n) is 4.15. The molecule has 0 aromatic heterocycles. The van der Waals surface area contributed by atoms with Crippen molar-refractivity contribution in [2.45, 2.75) is 49.6 Å². The summed E-state index contributed by atoms with van der Waals surface area (Å²) in [5.41, 5.74) is 4.35. The number of benzene rings is 2. The fraction of sp³-hybridized carbons (Fsp3) is 0.381. The Bertz CT molecular complexity index is 985. The van der Waals surface area contributed by atoms with Gasteiger partial charge in [0.15, 0.2) is 0 Å². The van der Waals surface area contributed by atoms with E-state index in [1.807, 2.05) is 36.4 Å². The van der Waals surface area contributed by atoms with Gasteiger partial charge in [0.2, 0.25) is 15.9 Å². The number of nitrogens with zero attached hydrogens (tertiary/aromatic N) is 1. The molecule has 0 saturated carbocycles. The number of hydrogen-bond donors (Lipinski definition) is 1. The summed E-state index contributed by atoms with van der Waals surface area (Å²) in [5, 5.41) is 2.62. The summed E-state index contributed by atoms with van der Waals surface area (Å²) >= 11 is 0. The Morgan fingerprint density at radius 1 is 1.00 bits per heavy atom. The highest BCUT2D eigenvalue weighted by Crippen LogP contribution is 2.31. The Kier molecular flexibility index (Phi) is 4.78. The summed E-state index contributed by atoms with van der Waals surface area (Å²) in [7, 11) is -2.22. The van der Waals surface area contributed by atoms with Crippen LogP contribution in [0.5, 0.6) is 0 Å². The molecule has 2 aromatic carbocycles. The van der Waals surface area contributed by atoms with Crippen LogP contribution in [0.3, 0.4) is 0 Å². The molecule has 1 aliphatic carbocycles. The van der Waals surface area contributed by atoms with E-state index in [9.17, 15) is 13.2 Å². The van der Waals surface area contributed by atoms with Crippen molar-refractivity contribution in [2.75, 3.05) is 7.05 Å². The van der Waals surface area contributed by atoms with E-state index in [1.165, 1.54) is 9.87 Å². The van der Waals surface area contributed by atoms with Gasteiger partial charge in [0.25, 0.3) is 0 Å². The minimum absolute atomic E-state index is 0.216. The number of sulfonamides is 1. The quantitative estimate of drug-likeness (QED) is 0.884. The Hall–Kier alpha value is -2.18. The summed E-state index contributed by atoms with van der Waals surface area (Å²) < 4.78 is 28.3. The van der Waals surface area contributed by atoms with Crippen molar-refractivity contribution in [2.24, 2.45) is 0 Å². The first-order valence-corrected chi connectivity index (χ1v) is 10.9. The minimum atomic E-state index is -3.77. The van der Waals surface area contributed by atoms with E-state index in [-0.39, 0.29) is 17.3 Å². The third-order valence-corrected chi connectivity index (χ3v) is 7.53. The lowest BCUT2D eigenvalue weighted by Gasteiger charge is -2.35. The molecule has 2 aliphatic rings.